The smallest absolute Gasteiger partial charge is 0.226 e. The van der Waals surface area contributed by atoms with Crippen LogP contribution >= 0.6 is 11.3 Å². The molecule has 1 amide bonds. The fraction of sp³-hybridized carbons (Fsp3) is 0.278. The number of aryl methyl sites for hydroxylation is 2. The number of amides is 1. The maximum Gasteiger partial charge on any atom is 0.226 e. The second-order valence-corrected chi connectivity index (χ2v) is 6.73. The lowest BCUT2D eigenvalue weighted by Crippen LogP contribution is -2.27. The van der Waals surface area contributed by atoms with Crippen molar-refractivity contribution in [1.29, 1.82) is 0 Å². The van der Waals surface area contributed by atoms with Crippen molar-refractivity contribution in [2.24, 2.45) is 0 Å². The summed E-state index contributed by atoms with van der Waals surface area (Å²) in [5.74, 6) is 0.541. The largest absolute Gasteiger partial charge is 0.441 e. The third kappa shape index (κ3) is 4.51. The average molecular weight is 359 g/mol. The van der Waals surface area contributed by atoms with E-state index in [-0.39, 0.29) is 18.1 Å². The Balaban J connectivity index is 1.57. The van der Waals surface area contributed by atoms with Gasteiger partial charge in [0.15, 0.2) is 0 Å². The van der Waals surface area contributed by atoms with Crippen LogP contribution in [0, 0.1) is 19.7 Å². The van der Waals surface area contributed by atoms with Crippen molar-refractivity contribution < 1.29 is 13.6 Å². The summed E-state index contributed by atoms with van der Waals surface area (Å²) in [6.07, 6.45) is 0.849. The molecule has 0 bridgehead atoms. The number of rotatable bonds is 6. The van der Waals surface area contributed by atoms with E-state index in [1.54, 1.807) is 30.4 Å². The van der Waals surface area contributed by atoms with Crippen molar-refractivity contribution in [3.63, 3.8) is 0 Å². The van der Waals surface area contributed by atoms with Gasteiger partial charge in [-0.15, -0.1) is 11.3 Å². The molecule has 130 valence electrons. The van der Waals surface area contributed by atoms with E-state index in [0.717, 1.165) is 10.7 Å². The molecule has 1 N–H and O–H groups in total. The van der Waals surface area contributed by atoms with Crippen molar-refractivity contribution >= 4 is 17.2 Å². The number of nitrogens with zero attached hydrogens (tertiary/aromatic N) is 2. The first-order chi connectivity index (χ1) is 12.0. The minimum Gasteiger partial charge on any atom is -0.441 e. The van der Waals surface area contributed by atoms with Crippen molar-refractivity contribution in [1.82, 2.24) is 15.3 Å². The minimum absolute atomic E-state index is 0.117. The molecule has 0 aliphatic rings. The predicted molar refractivity (Wildman–Crippen MR) is 93.9 cm³/mol. The summed E-state index contributed by atoms with van der Waals surface area (Å²) in [5.41, 5.74) is 2.25. The Labute approximate surface area is 148 Å². The molecule has 0 saturated heterocycles. The zero-order valence-corrected chi connectivity index (χ0v) is 14.8. The first-order valence-corrected chi connectivity index (χ1v) is 8.79. The summed E-state index contributed by atoms with van der Waals surface area (Å²) in [7, 11) is 0. The summed E-state index contributed by atoms with van der Waals surface area (Å²) in [6, 6.07) is 5.89. The van der Waals surface area contributed by atoms with E-state index in [1.807, 2.05) is 12.3 Å². The van der Waals surface area contributed by atoms with Crippen LogP contribution in [0.3, 0.4) is 0 Å². The molecule has 7 heteroatoms. The number of thiazole rings is 1. The molecule has 0 saturated carbocycles. The number of hydrogen-bond donors (Lipinski definition) is 1. The van der Waals surface area contributed by atoms with Crippen LogP contribution in [0.5, 0.6) is 0 Å². The summed E-state index contributed by atoms with van der Waals surface area (Å²) in [6.45, 7) is 4.25. The Hall–Kier alpha value is -2.54. The van der Waals surface area contributed by atoms with Crippen LogP contribution in [-0.2, 0) is 17.6 Å². The Morgan fingerprint density at radius 2 is 2.00 bits per heavy atom. The highest BCUT2D eigenvalue weighted by atomic mass is 32.1. The summed E-state index contributed by atoms with van der Waals surface area (Å²) >= 11 is 1.60. The third-order valence-corrected chi connectivity index (χ3v) is 4.50. The molecule has 3 aromatic rings. The van der Waals surface area contributed by atoms with Gasteiger partial charge in [-0.25, -0.2) is 14.4 Å². The fourth-order valence-corrected chi connectivity index (χ4v) is 3.02. The van der Waals surface area contributed by atoms with Gasteiger partial charge < -0.3 is 9.73 Å². The number of carbonyl (C=O) groups is 1. The molecule has 0 unspecified atom stereocenters. The molecule has 0 radical (unpaired) electrons. The van der Waals surface area contributed by atoms with Crippen LogP contribution in [-0.4, -0.2) is 22.4 Å². The van der Waals surface area contributed by atoms with Crippen LogP contribution in [0.2, 0.25) is 0 Å². The molecule has 0 atom stereocenters. The second-order valence-electron chi connectivity index (χ2n) is 5.66. The van der Waals surface area contributed by atoms with E-state index < -0.39 is 0 Å². The number of halogens is 1. The van der Waals surface area contributed by atoms with E-state index in [4.69, 9.17) is 4.42 Å². The molecule has 3 rings (SSSR count). The zero-order chi connectivity index (χ0) is 17.8. The number of hydrogen-bond acceptors (Lipinski definition) is 5. The zero-order valence-electron chi connectivity index (χ0n) is 14.0. The molecule has 5 nitrogen and oxygen atoms in total. The maximum absolute atomic E-state index is 13.0. The van der Waals surface area contributed by atoms with Crippen molar-refractivity contribution in [2.75, 3.05) is 6.54 Å². The van der Waals surface area contributed by atoms with Crippen molar-refractivity contribution in [3.05, 3.63) is 57.6 Å². The first kappa shape index (κ1) is 17.3. The van der Waals surface area contributed by atoms with Crippen LogP contribution < -0.4 is 5.32 Å². The maximum atomic E-state index is 13.0. The second kappa shape index (κ2) is 7.57. The van der Waals surface area contributed by atoms with E-state index in [2.05, 4.69) is 15.3 Å². The molecule has 2 heterocycles. The van der Waals surface area contributed by atoms with Gasteiger partial charge >= 0.3 is 0 Å². The number of oxazole rings is 1. The molecule has 1 aromatic carbocycles. The molecule has 0 fully saturated rings. The van der Waals surface area contributed by atoms with Gasteiger partial charge in [0.25, 0.3) is 0 Å². The molecule has 2 aromatic heterocycles. The highest BCUT2D eigenvalue weighted by molar-refractivity contribution is 7.09. The Kier molecular flexibility index (Phi) is 5.23. The predicted octanol–water partition coefficient (Wildman–Crippen LogP) is 3.46. The highest BCUT2D eigenvalue weighted by Crippen LogP contribution is 2.22. The van der Waals surface area contributed by atoms with Gasteiger partial charge in [0.05, 0.1) is 22.8 Å². The number of benzene rings is 1. The van der Waals surface area contributed by atoms with Gasteiger partial charge in [0.1, 0.15) is 11.6 Å². The van der Waals surface area contributed by atoms with Gasteiger partial charge in [-0.1, -0.05) is 0 Å². The van der Waals surface area contributed by atoms with Crippen LogP contribution in [0.15, 0.2) is 34.1 Å². The minimum atomic E-state index is -0.318. The molecular weight excluding hydrogens is 341 g/mol. The van der Waals surface area contributed by atoms with E-state index in [9.17, 15) is 9.18 Å². The summed E-state index contributed by atoms with van der Waals surface area (Å²) in [5, 5.41) is 5.89. The van der Waals surface area contributed by atoms with E-state index >= 15 is 0 Å². The highest BCUT2D eigenvalue weighted by Gasteiger charge is 2.14. The molecule has 0 aliphatic carbocycles. The average Bonchev–Trinajstić information content (AvgIpc) is 3.14. The molecule has 0 aliphatic heterocycles. The molecular formula is C18H18FN3O2S. The van der Waals surface area contributed by atoms with Crippen LogP contribution in [0.25, 0.3) is 11.5 Å². The number of nitrogens with one attached hydrogen (secondary N) is 1. The normalized spacial score (nSPS) is 10.8. The topological polar surface area (TPSA) is 68.0 Å². The fourth-order valence-electron chi connectivity index (χ4n) is 2.38. The summed E-state index contributed by atoms with van der Waals surface area (Å²) in [4.78, 5) is 20.8. The number of aromatic nitrogens is 2. The van der Waals surface area contributed by atoms with Gasteiger partial charge in [-0.2, -0.15) is 0 Å². The standard InChI is InChI=1S/C18H18FN3O2S/c1-11-16(22-18(24-11)13-3-5-14(19)6-4-13)9-17(23)20-8-7-15-10-25-12(2)21-15/h3-6,10H,7-9H2,1-2H3,(H,20,23). The SMILES string of the molecule is Cc1nc(CCNC(=O)Cc2nc(-c3ccc(F)cc3)oc2C)cs1. The van der Waals surface area contributed by atoms with Crippen LogP contribution in [0.4, 0.5) is 4.39 Å². The van der Waals surface area contributed by atoms with E-state index in [0.29, 0.717) is 35.9 Å². The molecule has 0 spiro atoms. The Morgan fingerprint density at radius 3 is 2.68 bits per heavy atom. The van der Waals surface area contributed by atoms with Crippen LogP contribution in [0.1, 0.15) is 22.2 Å². The third-order valence-electron chi connectivity index (χ3n) is 3.68. The monoisotopic (exact) mass is 359 g/mol. The number of carbonyl (C=O) groups excluding carboxylic acids is 1. The molecule has 25 heavy (non-hydrogen) atoms. The van der Waals surface area contributed by atoms with E-state index in [1.165, 1.54) is 12.1 Å². The lowest BCUT2D eigenvalue weighted by molar-refractivity contribution is -0.120. The lowest BCUT2D eigenvalue weighted by atomic mass is 10.2. The quantitative estimate of drug-likeness (QED) is 0.732. The van der Waals surface area contributed by atoms with Gasteiger partial charge in [-0.05, 0) is 38.1 Å². The van der Waals surface area contributed by atoms with Gasteiger partial charge in [0.2, 0.25) is 11.8 Å². The summed E-state index contributed by atoms with van der Waals surface area (Å²) < 4.78 is 18.6. The Bertz CT molecular complexity index is 871. The Morgan fingerprint density at radius 1 is 1.24 bits per heavy atom. The van der Waals surface area contributed by atoms with Gasteiger partial charge in [-0.3, -0.25) is 4.79 Å². The van der Waals surface area contributed by atoms with Gasteiger partial charge in [0, 0.05) is 23.9 Å². The van der Waals surface area contributed by atoms with Crippen molar-refractivity contribution in [2.45, 2.75) is 26.7 Å². The van der Waals surface area contributed by atoms with Crippen molar-refractivity contribution in [3.8, 4) is 11.5 Å². The lowest BCUT2D eigenvalue weighted by Gasteiger charge is -2.02. The first-order valence-electron chi connectivity index (χ1n) is 7.91.